The summed E-state index contributed by atoms with van der Waals surface area (Å²) in [6.45, 7) is 2.14. The Morgan fingerprint density at radius 2 is 1.95 bits per heavy atom. The number of nitro groups is 1. The lowest BCUT2D eigenvalue weighted by molar-refractivity contribution is -0.389. The molecule has 9 heteroatoms. The molecule has 1 heterocycles. The van der Waals surface area contributed by atoms with Crippen molar-refractivity contribution in [3.8, 4) is 0 Å². The second-order valence-electron chi connectivity index (χ2n) is 3.82. The molecule has 0 atom stereocenters. The number of nitrogens with zero attached hydrogens (tertiary/aromatic N) is 4. The summed E-state index contributed by atoms with van der Waals surface area (Å²) in [6.07, 6.45) is 0. The minimum Gasteiger partial charge on any atom is -0.358 e. The van der Waals surface area contributed by atoms with Gasteiger partial charge in [0.2, 0.25) is 11.5 Å². The zero-order valence-corrected chi connectivity index (χ0v) is 12.1. The summed E-state index contributed by atoms with van der Waals surface area (Å²) < 4.78 is 1.40. The van der Waals surface area contributed by atoms with Gasteiger partial charge in [-0.1, -0.05) is 0 Å². The van der Waals surface area contributed by atoms with E-state index in [2.05, 4.69) is 4.98 Å². The number of alkyl halides is 2. The lowest BCUT2D eigenvalue weighted by Gasteiger charge is -2.20. The van der Waals surface area contributed by atoms with E-state index < -0.39 is 16.6 Å². The van der Waals surface area contributed by atoms with Crippen LogP contribution in [0, 0.1) is 17.0 Å². The van der Waals surface area contributed by atoms with Crippen LogP contribution < -0.4 is 0 Å². The molecule has 1 aromatic heterocycles. The number of aryl methyl sites for hydroxylation is 1. The molecule has 0 radical (unpaired) electrons. The fourth-order valence-electron chi connectivity index (χ4n) is 1.63. The van der Waals surface area contributed by atoms with Crippen molar-refractivity contribution >= 4 is 34.9 Å². The van der Waals surface area contributed by atoms with E-state index in [0.29, 0.717) is 5.82 Å². The summed E-state index contributed by atoms with van der Waals surface area (Å²) in [5.74, 6) is -0.0810. The summed E-state index contributed by atoms with van der Waals surface area (Å²) in [6, 6.07) is 0. The summed E-state index contributed by atoms with van der Waals surface area (Å²) in [5.41, 5.74) is -0.0577. The Bertz CT molecular complexity index is 483. The molecule has 0 aliphatic carbocycles. The smallest absolute Gasteiger partial charge is 0.358 e. The van der Waals surface area contributed by atoms with Gasteiger partial charge in [-0.25, -0.2) is 0 Å². The van der Waals surface area contributed by atoms with Gasteiger partial charge >= 0.3 is 5.82 Å². The molecule has 1 amide bonds. The highest BCUT2D eigenvalue weighted by molar-refractivity contribution is 6.18. The topological polar surface area (TPSA) is 81.3 Å². The van der Waals surface area contributed by atoms with Gasteiger partial charge in [0.25, 0.3) is 5.91 Å². The van der Waals surface area contributed by atoms with Gasteiger partial charge < -0.3 is 19.6 Å². The third kappa shape index (κ3) is 3.36. The Balaban J connectivity index is 3.19. The molecular formula is C10H14Cl2N4O3. The number of rotatable bonds is 6. The molecule has 1 rings (SSSR count). The average molecular weight is 309 g/mol. The Kier molecular flexibility index (Phi) is 5.56. The highest BCUT2D eigenvalue weighted by atomic mass is 35.5. The van der Waals surface area contributed by atoms with E-state index in [9.17, 15) is 14.9 Å². The van der Waals surface area contributed by atoms with Crippen molar-refractivity contribution in [1.82, 2.24) is 14.5 Å². The Hall–Kier alpha value is -1.34. The quantitative estimate of drug-likeness (QED) is 0.453. The third-order valence-corrected chi connectivity index (χ3v) is 3.01. The molecule has 1 aromatic rings. The molecule has 7 nitrogen and oxygen atoms in total. The van der Waals surface area contributed by atoms with Crippen LogP contribution in [0.4, 0.5) is 5.82 Å². The second-order valence-corrected chi connectivity index (χ2v) is 4.57. The molecule has 106 valence electrons. The van der Waals surface area contributed by atoms with Gasteiger partial charge in [0.1, 0.15) is 0 Å². The monoisotopic (exact) mass is 308 g/mol. The third-order valence-electron chi connectivity index (χ3n) is 2.67. The first kappa shape index (κ1) is 15.7. The van der Waals surface area contributed by atoms with E-state index >= 15 is 0 Å². The van der Waals surface area contributed by atoms with Gasteiger partial charge in [0, 0.05) is 38.8 Å². The maximum absolute atomic E-state index is 12.3. The summed E-state index contributed by atoms with van der Waals surface area (Å²) in [7, 11) is 1.56. The standard InChI is InChI=1S/C10H14Cl2N4O3/c1-7-13-9(16(18)19)8(14(7)2)10(17)15(5-3-11)6-4-12/h3-6H2,1-2H3. The predicted molar refractivity (Wildman–Crippen MR) is 71.9 cm³/mol. The minimum absolute atomic E-state index is 0.0577. The summed E-state index contributed by atoms with van der Waals surface area (Å²) in [5, 5.41) is 10.9. The lowest BCUT2D eigenvalue weighted by atomic mass is 10.3. The van der Waals surface area contributed by atoms with Crippen LogP contribution in [0.1, 0.15) is 16.3 Å². The molecule has 0 aliphatic heterocycles. The van der Waals surface area contributed by atoms with Gasteiger partial charge in [-0.05, 0) is 9.91 Å². The number of carbonyl (C=O) groups is 1. The predicted octanol–water partition coefficient (Wildman–Crippen LogP) is 1.56. The van der Waals surface area contributed by atoms with Crippen LogP contribution in [-0.4, -0.2) is 50.1 Å². The average Bonchev–Trinajstić information content (AvgIpc) is 2.65. The molecule has 0 unspecified atom stereocenters. The molecule has 0 N–H and O–H groups in total. The molecule has 0 aliphatic rings. The van der Waals surface area contributed by atoms with Gasteiger partial charge in [-0.2, -0.15) is 0 Å². The number of hydrogen-bond acceptors (Lipinski definition) is 4. The van der Waals surface area contributed by atoms with E-state index in [-0.39, 0.29) is 30.5 Å². The van der Waals surface area contributed by atoms with Crippen molar-refractivity contribution in [2.75, 3.05) is 24.8 Å². The maximum atomic E-state index is 12.3. The van der Waals surface area contributed by atoms with Crippen LogP contribution in [0.5, 0.6) is 0 Å². The molecule has 19 heavy (non-hydrogen) atoms. The summed E-state index contributed by atoms with van der Waals surface area (Å²) >= 11 is 11.2. The Labute approximate surface area is 120 Å². The molecular weight excluding hydrogens is 295 g/mol. The number of amides is 1. The molecule has 0 aromatic carbocycles. The van der Waals surface area contributed by atoms with E-state index in [4.69, 9.17) is 23.2 Å². The number of carbonyl (C=O) groups excluding carboxylic acids is 1. The van der Waals surface area contributed by atoms with Crippen molar-refractivity contribution in [2.24, 2.45) is 7.05 Å². The first-order valence-corrected chi connectivity index (χ1v) is 6.59. The minimum atomic E-state index is -0.667. The molecule has 0 saturated heterocycles. The molecule has 0 bridgehead atoms. The van der Waals surface area contributed by atoms with Gasteiger partial charge in [-0.15, -0.1) is 23.2 Å². The van der Waals surface area contributed by atoms with E-state index in [1.807, 2.05) is 0 Å². The van der Waals surface area contributed by atoms with E-state index in [1.165, 1.54) is 9.47 Å². The lowest BCUT2D eigenvalue weighted by Crippen LogP contribution is -2.35. The second kappa shape index (κ2) is 6.72. The summed E-state index contributed by atoms with van der Waals surface area (Å²) in [4.78, 5) is 27.8. The highest BCUT2D eigenvalue weighted by Crippen LogP contribution is 2.20. The van der Waals surface area contributed by atoms with Gasteiger partial charge in [0.15, 0.2) is 0 Å². The fourth-order valence-corrected chi connectivity index (χ4v) is 2.04. The van der Waals surface area contributed by atoms with Crippen molar-refractivity contribution < 1.29 is 9.72 Å². The first-order valence-electron chi connectivity index (χ1n) is 5.53. The maximum Gasteiger partial charge on any atom is 0.395 e. The normalized spacial score (nSPS) is 10.5. The molecule has 0 saturated carbocycles. The van der Waals surface area contributed by atoms with Crippen LogP contribution in [0.2, 0.25) is 0 Å². The fraction of sp³-hybridized carbons (Fsp3) is 0.600. The molecule has 0 fully saturated rings. The van der Waals surface area contributed by atoms with Gasteiger partial charge in [0.05, 0.1) is 0 Å². The number of imidazole rings is 1. The zero-order valence-electron chi connectivity index (χ0n) is 10.6. The SMILES string of the molecule is Cc1nc([N+](=O)[O-])c(C(=O)N(CCCl)CCCl)n1C. The van der Waals surface area contributed by atoms with Crippen LogP contribution in [0.25, 0.3) is 0 Å². The van der Waals surface area contributed by atoms with Crippen LogP contribution in [-0.2, 0) is 7.05 Å². The van der Waals surface area contributed by atoms with Gasteiger partial charge in [-0.3, -0.25) is 4.79 Å². The first-order chi connectivity index (χ1) is 8.93. The van der Waals surface area contributed by atoms with E-state index in [0.717, 1.165) is 0 Å². The van der Waals surface area contributed by atoms with Crippen LogP contribution in [0.3, 0.4) is 0 Å². The molecule has 0 spiro atoms. The largest absolute Gasteiger partial charge is 0.395 e. The Morgan fingerprint density at radius 3 is 2.37 bits per heavy atom. The van der Waals surface area contributed by atoms with Crippen molar-refractivity contribution in [3.05, 3.63) is 21.6 Å². The van der Waals surface area contributed by atoms with E-state index in [1.54, 1.807) is 14.0 Å². The Morgan fingerprint density at radius 1 is 1.42 bits per heavy atom. The van der Waals surface area contributed by atoms with Crippen LogP contribution in [0.15, 0.2) is 0 Å². The van der Waals surface area contributed by atoms with Crippen LogP contribution >= 0.6 is 23.2 Å². The van der Waals surface area contributed by atoms with Crippen molar-refractivity contribution in [2.45, 2.75) is 6.92 Å². The van der Waals surface area contributed by atoms with Crippen molar-refractivity contribution in [1.29, 1.82) is 0 Å². The number of halogens is 2. The number of aromatic nitrogens is 2. The zero-order chi connectivity index (χ0) is 14.6. The van der Waals surface area contributed by atoms with Crippen molar-refractivity contribution in [3.63, 3.8) is 0 Å². The number of hydrogen-bond donors (Lipinski definition) is 0. The highest BCUT2D eigenvalue weighted by Gasteiger charge is 2.31.